The van der Waals surface area contributed by atoms with E-state index in [1.165, 1.54) is 7.11 Å². The minimum Gasteiger partial charge on any atom is -0.493 e. The summed E-state index contributed by atoms with van der Waals surface area (Å²) in [5.74, 6) is -4.46. The highest BCUT2D eigenvalue weighted by molar-refractivity contribution is 5.38. The minimum atomic E-state index is -1.51. The zero-order chi connectivity index (χ0) is 12.3. The van der Waals surface area contributed by atoms with E-state index in [0.29, 0.717) is 18.5 Å². The minimum absolute atomic E-state index is 0.190. The number of benzene rings is 1. The van der Waals surface area contributed by atoms with E-state index < -0.39 is 17.5 Å². The number of ether oxygens (including phenoxy) is 1. The maximum atomic E-state index is 13.4. The molecule has 1 atom stereocenters. The molecule has 0 radical (unpaired) electrons. The second-order valence-electron chi connectivity index (χ2n) is 3.59. The summed E-state index contributed by atoms with van der Waals surface area (Å²) in [6, 6.07) is 0.956. The molecule has 0 saturated carbocycles. The third-order valence-corrected chi connectivity index (χ3v) is 2.48. The van der Waals surface area contributed by atoms with E-state index in [2.05, 4.69) is 0 Å². The molecule has 16 heavy (non-hydrogen) atoms. The van der Waals surface area contributed by atoms with E-state index >= 15 is 0 Å². The highest BCUT2D eigenvalue weighted by Gasteiger charge is 2.22. The summed E-state index contributed by atoms with van der Waals surface area (Å²) in [6.07, 6.45) is 0.543. The summed E-state index contributed by atoms with van der Waals surface area (Å²) in [5, 5.41) is 0. The monoisotopic (exact) mass is 233 g/mol. The normalized spacial score (nSPS) is 12.6. The molecule has 0 aromatic heterocycles. The first-order valence-electron chi connectivity index (χ1n) is 4.94. The molecule has 0 heterocycles. The second-order valence-corrected chi connectivity index (χ2v) is 3.59. The predicted molar refractivity (Wildman–Crippen MR) is 55.0 cm³/mol. The first-order valence-corrected chi connectivity index (χ1v) is 4.94. The fourth-order valence-corrected chi connectivity index (χ4v) is 1.58. The van der Waals surface area contributed by atoms with Crippen molar-refractivity contribution in [3.63, 3.8) is 0 Å². The van der Waals surface area contributed by atoms with Crippen LogP contribution in [0.5, 0.6) is 5.75 Å². The molecule has 2 N–H and O–H groups in total. The van der Waals surface area contributed by atoms with Crippen LogP contribution in [0.4, 0.5) is 13.2 Å². The Kier molecular flexibility index (Phi) is 4.18. The Bertz CT molecular complexity index is 382. The highest BCUT2D eigenvalue weighted by atomic mass is 19.2. The van der Waals surface area contributed by atoms with Crippen molar-refractivity contribution in [2.75, 3.05) is 13.7 Å². The van der Waals surface area contributed by atoms with Crippen LogP contribution in [-0.4, -0.2) is 13.7 Å². The molecule has 0 spiro atoms. The van der Waals surface area contributed by atoms with Gasteiger partial charge in [-0.3, -0.25) is 0 Å². The van der Waals surface area contributed by atoms with Gasteiger partial charge in [0.05, 0.1) is 7.11 Å². The average molecular weight is 233 g/mol. The van der Waals surface area contributed by atoms with E-state index in [1.807, 2.05) is 0 Å². The van der Waals surface area contributed by atoms with Crippen LogP contribution in [0, 0.1) is 17.5 Å². The smallest absolute Gasteiger partial charge is 0.203 e. The van der Waals surface area contributed by atoms with Gasteiger partial charge in [-0.1, -0.05) is 6.92 Å². The van der Waals surface area contributed by atoms with Crippen molar-refractivity contribution in [2.24, 2.45) is 5.73 Å². The van der Waals surface area contributed by atoms with Crippen LogP contribution in [0.25, 0.3) is 0 Å². The van der Waals surface area contributed by atoms with Crippen molar-refractivity contribution >= 4 is 0 Å². The van der Waals surface area contributed by atoms with E-state index in [0.717, 1.165) is 6.07 Å². The van der Waals surface area contributed by atoms with Gasteiger partial charge >= 0.3 is 0 Å². The SMILES string of the molecule is COc1c(C(C)CCN)cc(F)c(F)c1F. The van der Waals surface area contributed by atoms with Gasteiger partial charge < -0.3 is 10.5 Å². The highest BCUT2D eigenvalue weighted by Crippen LogP contribution is 2.33. The van der Waals surface area contributed by atoms with Crippen LogP contribution in [0.2, 0.25) is 0 Å². The van der Waals surface area contributed by atoms with Gasteiger partial charge in [0.2, 0.25) is 5.82 Å². The quantitative estimate of drug-likeness (QED) is 0.811. The van der Waals surface area contributed by atoms with Gasteiger partial charge in [-0.15, -0.1) is 0 Å². The summed E-state index contributed by atoms with van der Waals surface area (Å²) >= 11 is 0. The number of nitrogens with two attached hydrogens (primary N) is 1. The third-order valence-electron chi connectivity index (χ3n) is 2.48. The topological polar surface area (TPSA) is 35.2 Å². The Morgan fingerprint density at radius 2 is 1.94 bits per heavy atom. The number of hydrogen-bond acceptors (Lipinski definition) is 2. The van der Waals surface area contributed by atoms with Crippen LogP contribution in [0.15, 0.2) is 6.07 Å². The molecule has 5 heteroatoms. The molecule has 0 aliphatic heterocycles. The van der Waals surface area contributed by atoms with Gasteiger partial charge in [-0.05, 0) is 24.9 Å². The Hall–Kier alpha value is -1.23. The molecule has 1 aromatic rings. The van der Waals surface area contributed by atoms with Crippen molar-refractivity contribution in [3.8, 4) is 5.75 Å². The first kappa shape index (κ1) is 12.8. The van der Waals surface area contributed by atoms with E-state index in [4.69, 9.17) is 10.5 Å². The number of halogens is 3. The van der Waals surface area contributed by atoms with Crippen LogP contribution < -0.4 is 10.5 Å². The Balaban J connectivity index is 3.27. The lowest BCUT2D eigenvalue weighted by Gasteiger charge is -2.16. The average Bonchev–Trinajstić information content (AvgIpc) is 2.26. The molecular weight excluding hydrogens is 219 g/mol. The molecular formula is C11H14F3NO. The second kappa shape index (κ2) is 5.21. The molecule has 0 aliphatic carbocycles. The lowest BCUT2D eigenvalue weighted by atomic mass is 9.96. The lowest BCUT2D eigenvalue weighted by molar-refractivity contribution is 0.352. The predicted octanol–water partition coefficient (Wildman–Crippen LogP) is 2.56. The van der Waals surface area contributed by atoms with E-state index in [-0.39, 0.29) is 11.7 Å². The molecule has 2 nitrogen and oxygen atoms in total. The summed E-state index contributed by atoms with van der Waals surface area (Å²) < 4.78 is 44.1. The largest absolute Gasteiger partial charge is 0.493 e. The molecule has 1 unspecified atom stereocenters. The maximum Gasteiger partial charge on any atom is 0.203 e. The van der Waals surface area contributed by atoms with Gasteiger partial charge in [0, 0.05) is 5.56 Å². The molecule has 1 aromatic carbocycles. The van der Waals surface area contributed by atoms with Crippen molar-refractivity contribution in [1.82, 2.24) is 0 Å². The number of hydrogen-bond donors (Lipinski definition) is 1. The zero-order valence-corrected chi connectivity index (χ0v) is 9.19. The van der Waals surface area contributed by atoms with Gasteiger partial charge in [0.1, 0.15) is 0 Å². The van der Waals surface area contributed by atoms with Crippen molar-refractivity contribution < 1.29 is 17.9 Å². The molecule has 0 amide bonds. The fraction of sp³-hybridized carbons (Fsp3) is 0.455. The summed E-state index contributed by atoms with van der Waals surface area (Å²) in [5.41, 5.74) is 5.66. The molecule has 0 saturated heterocycles. The summed E-state index contributed by atoms with van der Waals surface area (Å²) in [6.45, 7) is 2.13. The summed E-state index contributed by atoms with van der Waals surface area (Å²) in [7, 11) is 1.22. The van der Waals surface area contributed by atoms with Crippen LogP contribution in [-0.2, 0) is 0 Å². The third kappa shape index (κ3) is 2.29. The van der Waals surface area contributed by atoms with Crippen LogP contribution in [0.3, 0.4) is 0 Å². The van der Waals surface area contributed by atoms with Crippen molar-refractivity contribution in [2.45, 2.75) is 19.3 Å². The van der Waals surface area contributed by atoms with Crippen LogP contribution >= 0.6 is 0 Å². The van der Waals surface area contributed by atoms with Crippen molar-refractivity contribution in [1.29, 1.82) is 0 Å². The Morgan fingerprint density at radius 3 is 2.44 bits per heavy atom. The fourth-order valence-electron chi connectivity index (χ4n) is 1.58. The first-order chi connectivity index (χ1) is 7.52. The molecule has 90 valence electrons. The van der Waals surface area contributed by atoms with Gasteiger partial charge in [0.15, 0.2) is 17.4 Å². The molecule has 1 rings (SSSR count). The molecule has 0 fully saturated rings. The molecule has 0 bridgehead atoms. The Labute approximate surface area is 92.2 Å². The standard InChI is InChI=1S/C11H14F3NO/c1-6(3-4-15)7-5-8(12)9(13)10(14)11(7)16-2/h5-6H,3-4,15H2,1-2H3. The zero-order valence-electron chi connectivity index (χ0n) is 9.19. The van der Waals surface area contributed by atoms with Crippen LogP contribution in [0.1, 0.15) is 24.8 Å². The van der Waals surface area contributed by atoms with Gasteiger partial charge in [-0.2, -0.15) is 4.39 Å². The Morgan fingerprint density at radius 1 is 1.31 bits per heavy atom. The maximum absolute atomic E-state index is 13.4. The molecule has 0 aliphatic rings. The lowest BCUT2D eigenvalue weighted by Crippen LogP contribution is -2.08. The number of rotatable bonds is 4. The van der Waals surface area contributed by atoms with Gasteiger partial charge in [0.25, 0.3) is 0 Å². The van der Waals surface area contributed by atoms with E-state index in [1.54, 1.807) is 6.92 Å². The number of methoxy groups -OCH3 is 1. The van der Waals surface area contributed by atoms with E-state index in [9.17, 15) is 13.2 Å². The van der Waals surface area contributed by atoms with Gasteiger partial charge in [-0.25, -0.2) is 8.78 Å². The van der Waals surface area contributed by atoms with Crippen molar-refractivity contribution in [3.05, 3.63) is 29.1 Å². The summed E-state index contributed by atoms with van der Waals surface area (Å²) in [4.78, 5) is 0.